The van der Waals surface area contributed by atoms with Crippen LogP contribution in [0.2, 0.25) is 0 Å². The smallest absolute Gasteiger partial charge is 0.230 e. The monoisotopic (exact) mass is 179 g/mol. The van der Waals surface area contributed by atoms with E-state index >= 15 is 0 Å². The van der Waals surface area contributed by atoms with Gasteiger partial charge >= 0.3 is 0 Å². The third-order valence-corrected chi connectivity index (χ3v) is 2.56. The standard InChI is InChI=1S/C9H13N3O/c1-7-4-6-12-8(3-5-10-12)11(2)9(7)13/h3,5,7H,4,6H2,1-2H3/t7-/m0/s1. The van der Waals surface area contributed by atoms with Gasteiger partial charge in [-0.05, 0) is 6.42 Å². The molecule has 0 spiro atoms. The van der Waals surface area contributed by atoms with E-state index in [2.05, 4.69) is 5.10 Å². The van der Waals surface area contributed by atoms with E-state index in [0.717, 1.165) is 18.8 Å². The molecule has 0 unspecified atom stereocenters. The Morgan fingerprint density at radius 2 is 2.38 bits per heavy atom. The summed E-state index contributed by atoms with van der Waals surface area (Å²) in [6, 6.07) is 1.87. The Kier molecular flexibility index (Phi) is 1.83. The van der Waals surface area contributed by atoms with E-state index < -0.39 is 0 Å². The first-order valence-electron chi connectivity index (χ1n) is 4.49. The van der Waals surface area contributed by atoms with Crippen LogP contribution in [0.5, 0.6) is 0 Å². The third-order valence-electron chi connectivity index (χ3n) is 2.56. The molecule has 1 aromatic heterocycles. The molecule has 2 heterocycles. The molecular weight excluding hydrogens is 166 g/mol. The lowest BCUT2D eigenvalue weighted by atomic mass is 10.1. The van der Waals surface area contributed by atoms with Crippen molar-refractivity contribution in [2.24, 2.45) is 5.92 Å². The Bertz CT molecular complexity index is 331. The molecule has 0 saturated carbocycles. The Hall–Kier alpha value is -1.32. The molecule has 0 aliphatic carbocycles. The zero-order valence-corrected chi connectivity index (χ0v) is 7.90. The number of amides is 1. The average Bonchev–Trinajstić information content (AvgIpc) is 2.56. The van der Waals surface area contributed by atoms with Crippen LogP contribution in [0, 0.1) is 5.92 Å². The Balaban J connectivity index is 2.40. The molecule has 1 aliphatic rings. The number of hydrogen-bond acceptors (Lipinski definition) is 2. The van der Waals surface area contributed by atoms with E-state index in [1.165, 1.54) is 0 Å². The fourth-order valence-electron chi connectivity index (χ4n) is 1.67. The molecular formula is C9H13N3O. The van der Waals surface area contributed by atoms with E-state index in [1.54, 1.807) is 18.1 Å². The van der Waals surface area contributed by atoms with Crippen molar-refractivity contribution in [3.05, 3.63) is 12.3 Å². The van der Waals surface area contributed by atoms with Crippen LogP contribution >= 0.6 is 0 Å². The summed E-state index contributed by atoms with van der Waals surface area (Å²) in [5.41, 5.74) is 0. The van der Waals surface area contributed by atoms with Crippen molar-refractivity contribution in [1.82, 2.24) is 9.78 Å². The van der Waals surface area contributed by atoms with Crippen LogP contribution in [0.4, 0.5) is 5.82 Å². The van der Waals surface area contributed by atoms with Gasteiger partial charge in [0.1, 0.15) is 5.82 Å². The minimum Gasteiger partial charge on any atom is -0.300 e. The molecule has 2 rings (SSSR count). The predicted molar refractivity (Wildman–Crippen MR) is 49.4 cm³/mol. The molecule has 0 fully saturated rings. The van der Waals surface area contributed by atoms with Gasteiger partial charge in [-0.1, -0.05) is 6.92 Å². The number of fused-ring (bicyclic) bond motifs is 1. The molecule has 70 valence electrons. The number of carbonyl (C=O) groups is 1. The van der Waals surface area contributed by atoms with E-state index in [0.29, 0.717) is 0 Å². The van der Waals surface area contributed by atoms with Gasteiger partial charge in [0.2, 0.25) is 5.91 Å². The zero-order chi connectivity index (χ0) is 9.42. The summed E-state index contributed by atoms with van der Waals surface area (Å²) >= 11 is 0. The Morgan fingerprint density at radius 3 is 3.15 bits per heavy atom. The summed E-state index contributed by atoms with van der Waals surface area (Å²) in [5.74, 6) is 1.18. The number of anilines is 1. The molecule has 1 amide bonds. The van der Waals surface area contributed by atoms with Crippen LogP contribution in [-0.2, 0) is 11.3 Å². The minimum absolute atomic E-state index is 0.103. The summed E-state index contributed by atoms with van der Waals surface area (Å²) in [6.45, 7) is 2.80. The second kappa shape index (κ2) is 2.87. The third kappa shape index (κ3) is 1.22. The lowest BCUT2D eigenvalue weighted by Crippen LogP contribution is -2.30. The first-order chi connectivity index (χ1) is 6.20. The number of carbonyl (C=O) groups excluding carboxylic acids is 1. The highest BCUT2D eigenvalue weighted by Gasteiger charge is 2.24. The van der Waals surface area contributed by atoms with Gasteiger partial charge in [-0.3, -0.25) is 9.69 Å². The number of rotatable bonds is 0. The van der Waals surface area contributed by atoms with E-state index in [1.807, 2.05) is 17.7 Å². The van der Waals surface area contributed by atoms with E-state index in [9.17, 15) is 4.79 Å². The van der Waals surface area contributed by atoms with Crippen LogP contribution < -0.4 is 4.90 Å². The van der Waals surface area contributed by atoms with Crippen molar-refractivity contribution in [2.45, 2.75) is 19.9 Å². The second-order valence-corrected chi connectivity index (χ2v) is 3.50. The average molecular weight is 179 g/mol. The lowest BCUT2D eigenvalue weighted by molar-refractivity contribution is -0.121. The van der Waals surface area contributed by atoms with Crippen molar-refractivity contribution < 1.29 is 4.79 Å². The van der Waals surface area contributed by atoms with Crippen LogP contribution in [-0.4, -0.2) is 22.7 Å². The fourth-order valence-corrected chi connectivity index (χ4v) is 1.67. The van der Waals surface area contributed by atoms with Gasteiger partial charge in [0.15, 0.2) is 0 Å². The van der Waals surface area contributed by atoms with Gasteiger partial charge in [-0.25, -0.2) is 4.68 Å². The molecule has 13 heavy (non-hydrogen) atoms. The van der Waals surface area contributed by atoms with Crippen molar-refractivity contribution in [1.29, 1.82) is 0 Å². The van der Waals surface area contributed by atoms with E-state index in [-0.39, 0.29) is 11.8 Å². The van der Waals surface area contributed by atoms with Gasteiger partial charge in [0.05, 0.1) is 6.20 Å². The molecule has 0 saturated heterocycles. The van der Waals surface area contributed by atoms with Crippen LogP contribution in [0.3, 0.4) is 0 Å². The number of nitrogens with zero attached hydrogens (tertiary/aromatic N) is 3. The number of aromatic nitrogens is 2. The highest BCUT2D eigenvalue weighted by atomic mass is 16.2. The van der Waals surface area contributed by atoms with Gasteiger partial charge in [0, 0.05) is 25.6 Å². The van der Waals surface area contributed by atoms with Gasteiger partial charge < -0.3 is 0 Å². The second-order valence-electron chi connectivity index (χ2n) is 3.50. The largest absolute Gasteiger partial charge is 0.300 e. The normalized spacial score (nSPS) is 22.8. The minimum atomic E-state index is 0.103. The number of aryl methyl sites for hydroxylation is 1. The first-order valence-corrected chi connectivity index (χ1v) is 4.49. The maximum atomic E-state index is 11.7. The molecule has 1 aromatic rings. The first kappa shape index (κ1) is 8.29. The molecule has 0 bridgehead atoms. The molecule has 1 atom stereocenters. The molecule has 0 aromatic carbocycles. The van der Waals surface area contributed by atoms with Crippen molar-refractivity contribution in [2.75, 3.05) is 11.9 Å². The van der Waals surface area contributed by atoms with Crippen molar-refractivity contribution >= 4 is 11.7 Å². The maximum Gasteiger partial charge on any atom is 0.230 e. The lowest BCUT2D eigenvalue weighted by Gasteiger charge is -2.16. The summed E-state index contributed by atoms with van der Waals surface area (Å²) in [5, 5.41) is 4.16. The van der Waals surface area contributed by atoms with Gasteiger partial charge in [-0.2, -0.15) is 5.10 Å². The molecule has 1 aliphatic heterocycles. The van der Waals surface area contributed by atoms with Crippen LogP contribution in [0.25, 0.3) is 0 Å². The highest BCUT2D eigenvalue weighted by Crippen LogP contribution is 2.21. The van der Waals surface area contributed by atoms with Crippen molar-refractivity contribution in [3.63, 3.8) is 0 Å². The topological polar surface area (TPSA) is 38.1 Å². The Morgan fingerprint density at radius 1 is 1.62 bits per heavy atom. The summed E-state index contributed by atoms with van der Waals surface area (Å²) in [7, 11) is 1.80. The molecule has 0 N–H and O–H groups in total. The summed E-state index contributed by atoms with van der Waals surface area (Å²) in [4.78, 5) is 13.4. The Labute approximate surface area is 77.1 Å². The molecule has 0 radical (unpaired) electrons. The maximum absolute atomic E-state index is 11.7. The van der Waals surface area contributed by atoms with E-state index in [4.69, 9.17) is 0 Å². The van der Waals surface area contributed by atoms with Gasteiger partial charge in [-0.15, -0.1) is 0 Å². The van der Waals surface area contributed by atoms with Crippen LogP contribution in [0.1, 0.15) is 13.3 Å². The number of hydrogen-bond donors (Lipinski definition) is 0. The fraction of sp³-hybridized carbons (Fsp3) is 0.556. The predicted octanol–water partition coefficient (Wildman–Crippen LogP) is 0.886. The molecule has 4 heteroatoms. The van der Waals surface area contributed by atoms with Gasteiger partial charge in [0.25, 0.3) is 0 Å². The van der Waals surface area contributed by atoms with Crippen molar-refractivity contribution in [3.8, 4) is 0 Å². The van der Waals surface area contributed by atoms with Crippen LogP contribution in [0.15, 0.2) is 12.3 Å². The quantitative estimate of drug-likeness (QED) is 0.593. The highest BCUT2D eigenvalue weighted by molar-refractivity contribution is 5.93. The summed E-state index contributed by atoms with van der Waals surface area (Å²) < 4.78 is 1.88. The summed E-state index contributed by atoms with van der Waals surface area (Å²) in [6.07, 6.45) is 2.60. The zero-order valence-electron chi connectivity index (χ0n) is 7.90. The molecule has 4 nitrogen and oxygen atoms in total. The SMILES string of the molecule is C[C@H]1CCn2nccc2N(C)C1=O.